The van der Waals surface area contributed by atoms with Gasteiger partial charge >= 0.3 is 5.97 Å². The summed E-state index contributed by atoms with van der Waals surface area (Å²) in [5.74, 6) is -3.39. The molecule has 0 aliphatic carbocycles. The van der Waals surface area contributed by atoms with Crippen molar-refractivity contribution in [2.24, 2.45) is 20.5 Å². The molecule has 0 spiro atoms. The normalized spacial score (nSPS) is 11.9. The number of halogens is 2. The number of amides is 1. The van der Waals surface area contributed by atoms with Gasteiger partial charge in [-0.05, 0) is 74.0 Å². The minimum Gasteiger partial charge on any atom is -0.467 e. The van der Waals surface area contributed by atoms with Crippen molar-refractivity contribution < 1.29 is 27.8 Å². The summed E-state index contributed by atoms with van der Waals surface area (Å²) in [7, 11) is 0. The molecule has 3 rings (SSSR count). The number of esters is 1. The maximum absolute atomic E-state index is 14.9. The van der Waals surface area contributed by atoms with Crippen LogP contribution in [0.5, 0.6) is 5.75 Å². The van der Waals surface area contributed by atoms with Gasteiger partial charge in [-0.3, -0.25) is 4.79 Å². The van der Waals surface area contributed by atoms with Crippen molar-refractivity contribution in [2.45, 2.75) is 71.9 Å². The average molecular weight is 663 g/mol. The van der Waals surface area contributed by atoms with Crippen LogP contribution >= 0.6 is 0 Å². The Balaban J connectivity index is 1.59. The fourth-order valence-corrected chi connectivity index (χ4v) is 4.55. The average Bonchev–Trinajstić information content (AvgIpc) is 3.11. The lowest BCUT2D eigenvalue weighted by molar-refractivity contribution is -0.137. The zero-order valence-corrected chi connectivity index (χ0v) is 27.8. The van der Waals surface area contributed by atoms with Crippen LogP contribution in [0.3, 0.4) is 0 Å². The fourth-order valence-electron chi connectivity index (χ4n) is 4.55. The molecule has 1 N–H and O–H groups in total. The third-order valence-electron chi connectivity index (χ3n) is 7.28. The molecular weight excluding hydrogens is 618 g/mol. The lowest BCUT2D eigenvalue weighted by atomic mass is 10.1. The van der Waals surface area contributed by atoms with Gasteiger partial charge in [0.1, 0.15) is 12.3 Å². The summed E-state index contributed by atoms with van der Waals surface area (Å²) in [4.78, 5) is 25.3. The first-order valence-corrected chi connectivity index (χ1v) is 16.3. The maximum atomic E-state index is 14.9. The van der Waals surface area contributed by atoms with E-state index in [4.69, 9.17) is 9.47 Å². The van der Waals surface area contributed by atoms with Crippen LogP contribution in [-0.2, 0) is 14.3 Å². The van der Waals surface area contributed by atoms with Crippen LogP contribution in [0.25, 0.3) is 0 Å². The summed E-state index contributed by atoms with van der Waals surface area (Å²) >= 11 is 0. The first kappa shape index (κ1) is 37.5. The van der Waals surface area contributed by atoms with E-state index < -0.39 is 23.8 Å². The molecule has 1 atom stereocenters. The summed E-state index contributed by atoms with van der Waals surface area (Å²) in [5, 5.41) is 19.1. The molecule has 3 aromatic carbocycles. The van der Waals surface area contributed by atoms with Gasteiger partial charge in [0, 0.05) is 31.1 Å². The quantitative estimate of drug-likeness (QED) is 0.0425. The Morgan fingerprint density at radius 2 is 1.44 bits per heavy atom. The molecule has 256 valence electrons. The molecule has 1 unspecified atom stereocenters. The lowest BCUT2D eigenvalue weighted by Gasteiger charge is -2.22. The first-order chi connectivity index (χ1) is 23.3. The Hall–Kier alpha value is -5.00. The van der Waals surface area contributed by atoms with Crippen LogP contribution in [0.1, 0.15) is 65.7 Å². The molecule has 1 amide bonds. The number of nitrogens with one attached hydrogen (secondary N) is 1. The highest BCUT2D eigenvalue weighted by molar-refractivity contribution is 5.81. The molecule has 12 heteroatoms. The molecule has 0 aliphatic rings. The number of benzene rings is 3. The van der Waals surface area contributed by atoms with Crippen molar-refractivity contribution in [3.8, 4) is 5.75 Å². The minimum absolute atomic E-state index is 0.233. The fraction of sp³-hybridized carbons (Fsp3) is 0.389. The third-order valence-corrected chi connectivity index (χ3v) is 7.28. The summed E-state index contributed by atoms with van der Waals surface area (Å²) in [6, 6.07) is 16.7. The number of anilines is 1. The van der Waals surface area contributed by atoms with Crippen LogP contribution in [0.4, 0.5) is 37.2 Å². The van der Waals surface area contributed by atoms with Crippen LogP contribution in [0.15, 0.2) is 93.8 Å². The molecule has 3 aromatic rings. The van der Waals surface area contributed by atoms with Gasteiger partial charge in [0.2, 0.25) is 11.7 Å². The minimum atomic E-state index is -1.20. The Morgan fingerprint density at radius 1 is 0.833 bits per heavy atom. The molecule has 0 fully saturated rings. The summed E-state index contributed by atoms with van der Waals surface area (Å²) in [6.45, 7) is 10.8. The van der Waals surface area contributed by atoms with Crippen molar-refractivity contribution >= 4 is 40.3 Å². The smallest absolute Gasteiger partial charge is 0.330 e. The maximum Gasteiger partial charge on any atom is 0.330 e. The summed E-state index contributed by atoms with van der Waals surface area (Å²) in [6.07, 6.45) is 6.14. The van der Waals surface area contributed by atoms with E-state index in [0.29, 0.717) is 30.0 Å². The van der Waals surface area contributed by atoms with E-state index in [0.717, 1.165) is 50.4 Å². The number of carbonyl (C=O) groups excluding carboxylic acids is 2. The summed E-state index contributed by atoms with van der Waals surface area (Å²) in [5.41, 5.74) is 2.28. The van der Waals surface area contributed by atoms with Crippen molar-refractivity contribution in [3.05, 3.63) is 85.0 Å². The Bertz CT molecular complexity index is 1530. The largest absolute Gasteiger partial charge is 0.467 e. The number of likely N-dealkylation sites (N-methyl/N-ethyl adjacent to an activating group) is 1. The number of ether oxygens (including phenoxy) is 2. The Kier molecular flexibility index (Phi) is 15.8. The van der Waals surface area contributed by atoms with Crippen molar-refractivity contribution in [3.63, 3.8) is 0 Å². The molecule has 0 aliphatic heterocycles. The van der Waals surface area contributed by atoms with Gasteiger partial charge in [-0.15, -0.1) is 5.11 Å². The highest BCUT2D eigenvalue weighted by Crippen LogP contribution is 2.31. The van der Waals surface area contributed by atoms with Gasteiger partial charge in [-0.1, -0.05) is 46.1 Å². The van der Waals surface area contributed by atoms with Crippen LogP contribution in [0.2, 0.25) is 0 Å². The highest BCUT2D eigenvalue weighted by atomic mass is 19.2. The predicted molar refractivity (Wildman–Crippen MR) is 183 cm³/mol. The molecule has 10 nitrogen and oxygen atoms in total. The topological polar surface area (TPSA) is 117 Å². The molecule has 0 saturated carbocycles. The van der Waals surface area contributed by atoms with Gasteiger partial charge < -0.3 is 19.7 Å². The summed E-state index contributed by atoms with van der Waals surface area (Å²) < 4.78 is 40.6. The molecule has 0 saturated heterocycles. The molecular formula is C36H44F2N6O4. The van der Waals surface area contributed by atoms with Crippen LogP contribution in [-0.4, -0.2) is 37.8 Å². The van der Waals surface area contributed by atoms with Gasteiger partial charge in [-0.2, -0.15) is 19.7 Å². The molecule has 0 heterocycles. The number of hydrogen-bond acceptors (Lipinski definition) is 9. The number of unbranched alkanes of at least 4 members (excludes halogenated alkanes) is 4. The van der Waals surface area contributed by atoms with E-state index in [1.807, 2.05) is 31.2 Å². The van der Waals surface area contributed by atoms with Crippen molar-refractivity contribution in [1.82, 2.24) is 5.32 Å². The second-order valence-corrected chi connectivity index (χ2v) is 10.8. The third kappa shape index (κ3) is 12.3. The molecule has 0 radical (unpaired) electrons. The number of carbonyl (C=O) groups is 2. The Labute approximate surface area is 281 Å². The highest BCUT2D eigenvalue weighted by Gasteiger charge is 2.19. The van der Waals surface area contributed by atoms with E-state index >= 15 is 0 Å². The first-order valence-electron chi connectivity index (χ1n) is 16.3. The SMILES string of the molecule is C=CC(=O)OCCN(CC)c1ccc(N=Nc2ccc(N=Nc3ccc(OC(CCCCCCC)NC(=O)CC)c(F)c3F)cc2)cc1. The molecule has 0 aromatic heterocycles. The number of rotatable bonds is 20. The Morgan fingerprint density at radius 3 is 2.02 bits per heavy atom. The van der Waals surface area contributed by atoms with Crippen molar-refractivity contribution in [2.75, 3.05) is 24.6 Å². The second-order valence-electron chi connectivity index (χ2n) is 10.8. The van der Waals surface area contributed by atoms with Crippen LogP contribution in [0, 0.1) is 11.6 Å². The standard InChI is InChI=1S/C36H44F2N6O4/c1-5-9-10-11-12-13-33(39-32(45)6-2)48-31-23-22-30(35(37)36(31)38)43-42-27-16-14-26(15-17-27)40-41-28-18-20-29(21-19-28)44(8-4)24-25-47-34(46)7-3/h7,14-23,33H,3,5-6,8-13,24-25H2,1-2,4H3,(H,39,45). The van der Waals surface area contributed by atoms with Crippen molar-refractivity contribution in [1.29, 1.82) is 0 Å². The van der Waals surface area contributed by atoms with Crippen LogP contribution < -0.4 is 15.0 Å². The molecule has 48 heavy (non-hydrogen) atoms. The number of hydrogen-bond donors (Lipinski definition) is 1. The number of nitrogens with zero attached hydrogens (tertiary/aromatic N) is 5. The second kappa shape index (κ2) is 20.3. The zero-order chi connectivity index (χ0) is 34.7. The predicted octanol–water partition coefficient (Wildman–Crippen LogP) is 9.94. The zero-order valence-electron chi connectivity index (χ0n) is 27.8. The van der Waals surface area contributed by atoms with Gasteiger partial charge in [-0.25, -0.2) is 9.18 Å². The van der Waals surface area contributed by atoms with E-state index in [1.165, 1.54) is 12.1 Å². The van der Waals surface area contributed by atoms with Gasteiger partial charge in [0.25, 0.3) is 0 Å². The van der Waals surface area contributed by atoms with Gasteiger partial charge in [0.15, 0.2) is 17.8 Å². The van der Waals surface area contributed by atoms with E-state index in [2.05, 4.69) is 44.2 Å². The van der Waals surface area contributed by atoms with Gasteiger partial charge in [0.05, 0.1) is 23.6 Å². The van der Waals surface area contributed by atoms with E-state index in [-0.39, 0.29) is 30.4 Å². The van der Waals surface area contributed by atoms with E-state index in [1.54, 1.807) is 31.2 Å². The van der Waals surface area contributed by atoms with E-state index in [9.17, 15) is 18.4 Å². The lowest BCUT2D eigenvalue weighted by Crippen LogP contribution is -2.39. The number of azo groups is 2. The molecule has 0 bridgehead atoms. The monoisotopic (exact) mass is 662 g/mol.